The predicted molar refractivity (Wildman–Crippen MR) is 294 cm³/mol. The molecule has 324 valence electrons. The van der Waals surface area contributed by atoms with Gasteiger partial charge in [0, 0.05) is 16.9 Å². The third kappa shape index (κ3) is 8.28. The summed E-state index contributed by atoms with van der Waals surface area (Å²) in [6.07, 6.45) is 0. The molecule has 0 bridgehead atoms. The second-order valence-corrected chi connectivity index (χ2v) is 17.7. The highest BCUT2D eigenvalue weighted by molar-refractivity contribution is 6.01. The molecule has 0 atom stereocenters. The van der Waals surface area contributed by atoms with Crippen LogP contribution >= 0.6 is 0 Å². The smallest absolute Gasteiger partial charge is 0.0546 e. The fraction of sp³-hybridized carbons (Fsp3) is 0. The molecule has 12 rings (SSSR count). The third-order valence-corrected chi connectivity index (χ3v) is 13.5. The van der Waals surface area contributed by atoms with E-state index in [4.69, 9.17) is 0 Å². The first-order chi connectivity index (χ1) is 34.2. The molecule has 0 heterocycles. The van der Waals surface area contributed by atoms with E-state index < -0.39 is 0 Å². The maximum Gasteiger partial charge on any atom is 0.0546 e. The van der Waals surface area contributed by atoms with Gasteiger partial charge in [0.05, 0.1) is 5.69 Å². The third-order valence-electron chi connectivity index (χ3n) is 13.5. The minimum absolute atomic E-state index is 1.07. The second kappa shape index (κ2) is 18.3. The van der Waals surface area contributed by atoms with Gasteiger partial charge < -0.3 is 4.90 Å². The van der Waals surface area contributed by atoms with E-state index in [-0.39, 0.29) is 0 Å². The van der Waals surface area contributed by atoms with E-state index in [1.807, 2.05) is 0 Å². The van der Waals surface area contributed by atoms with E-state index in [2.05, 4.69) is 290 Å². The van der Waals surface area contributed by atoms with Crippen LogP contribution in [0.5, 0.6) is 0 Å². The van der Waals surface area contributed by atoms with Crippen LogP contribution in [0.1, 0.15) is 0 Å². The Morgan fingerprint density at radius 1 is 0.188 bits per heavy atom. The number of hydrogen-bond donors (Lipinski definition) is 0. The first kappa shape index (κ1) is 41.4. The van der Waals surface area contributed by atoms with Crippen LogP contribution in [-0.2, 0) is 0 Å². The van der Waals surface area contributed by atoms with Crippen molar-refractivity contribution in [2.45, 2.75) is 0 Å². The molecule has 0 fully saturated rings. The molecule has 0 saturated carbocycles. The van der Waals surface area contributed by atoms with Gasteiger partial charge in [0.1, 0.15) is 0 Å². The highest BCUT2D eigenvalue weighted by atomic mass is 15.1. The molecule has 0 aromatic heterocycles. The van der Waals surface area contributed by atoms with Gasteiger partial charge in [-0.25, -0.2) is 0 Å². The molecular formula is C68H47N. The summed E-state index contributed by atoms with van der Waals surface area (Å²) in [5.74, 6) is 0. The minimum atomic E-state index is 1.07. The number of nitrogens with zero attached hydrogens (tertiary/aromatic N) is 1. The topological polar surface area (TPSA) is 3.24 Å². The second-order valence-electron chi connectivity index (χ2n) is 17.7. The first-order valence-corrected chi connectivity index (χ1v) is 23.7. The summed E-state index contributed by atoms with van der Waals surface area (Å²) in [5, 5.41) is 5.01. The van der Waals surface area contributed by atoms with Crippen molar-refractivity contribution < 1.29 is 0 Å². The summed E-state index contributed by atoms with van der Waals surface area (Å²) in [7, 11) is 0. The Labute approximate surface area is 404 Å². The molecule has 1 nitrogen and oxygen atoms in total. The van der Waals surface area contributed by atoms with E-state index in [0.29, 0.717) is 0 Å². The molecule has 0 aliphatic rings. The van der Waals surface area contributed by atoms with Gasteiger partial charge in [0.25, 0.3) is 0 Å². The zero-order valence-corrected chi connectivity index (χ0v) is 38.1. The van der Waals surface area contributed by atoms with Crippen molar-refractivity contribution in [2.24, 2.45) is 0 Å². The van der Waals surface area contributed by atoms with Crippen LogP contribution in [0.25, 0.3) is 99.4 Å². The van der Waals surface area contributed by atoms with Crippen LogP contribution in [0.4, 0.5) is 17.1 Å². The van der Waals surface area contributed by atoms with E-state index in [9.17, 15) is 0 Å². The number of fused-ring (bicyclic) bond motifs is 2. The summed E-state index contributed by atoms with van der Waals surface area (Å²) in [5.41, 5.74) is 19.8. The van der Waals surface area contributed by atoms with E-state index >= 15 is 0 Å². The summed E-state index contributed by atoms with van der Waals surface area (Å²) >= 11 is 0. The quantitative estimate of drug-likeness (QED) is 0.132. The Morgan fingerprint density at radius 2 is 0.522 bits per heavy atom. The van der Waals surface area contributed by atoms with Crippen molar-refractivity contribution in [2.75, 3.05) is 4.90 Å². The van der Waals surface area contributed by atoms with Crippen LogP contribution in [-0.4, -0.2) is 0 Å². The fourth-order valence-corrected chi connectivity index (χ4v) is 9.92. The first-order valence-electron chi connectivity index (χ1n) is 23.7. The molecule has 0 spiro atoms. The van der Waals surface area contributed by atoms with Crippen molar-refractivity contribution in [3.63, 3.8) is 0 Å². The Kier molecular flexibility index (Phi) is 11.0. The maximum absolute atomic E-state index is 2.43. The largest absolute Gasteiger partial charge is 0.310 e. The normalized spacial score (nSPS) is 11.2. The molecule has 0 N–H and O–H groups in total. The molecule has 1 heteroatoms. The van der Waals surface area contributed by atoms with Gasteiger partial charge >= 0.3 is 0 Å². The zero-order chi connectivity index (χ0) is 45.9. The molecule has 69 heavy (non-hydrogen) atoms. The zero-order valence-electron chi connectivity index (χ0n) is 38.1. The molecule has 0 radical (unpaired) electrons. The number of rotatable bonds is 10. The average Bonchev–Trinajstić information content (AvgIpc) is 3.44. The van der Waals surface area contributed by atoms with Gasteiger partial charge in [-0.2, -0.15) is 0 Å². The number of anilines is 3. The van der Waals surface area contributed by atoms with E-state index in [1.165, 1.54) is 99.4 Å². The van der Waals surface area contributed by atoms with Gasteiger partial charge in [0.2, 0.25) is 0 Å². The van der Waals surface area contributed by atoms with E-state index in [1.54, 1.807) is 0 Å². The molecule has 12 aromatic carbocycles. The van der Waals surface area contributed by atoms with Gasteiger partial charge in [-0.1, -0.05) is 243 Å². The van der Waals surface area contributed by atoms with Crippen LogP contribution in [0.15, 0.2) is 285 Å². The van der Waals surface area contributed by atoms with E-state index in [0.717, 1.165) is 17.1 Å². The highest BCUT2D eigenvalue weighted by Gasteiger charge is 2.23. The molecule has 0 amide bonds. The molecule has 0 aliphatic heterocycles. The monoisotopic (exact) mass is 877 g/mol. The molecule has 0 saturated heterocycles. The van der Waals surface area contributed by atoms with Crippen molar-refractivity contribution in [3.8, 4) is 77.9 Å². The van der Waals surface area contributed by atoms with Gasteiger partial charge in [0.15, 0.2) is 0 Å². The maximum atomic E-state index is 2.43. The van der Waals surface area contributed by atoms with Gasteiger partial charge in [-0.3, -0.25) is 0 Å². The highest BCUT2D eigenvalue weighted by Crippen LogP contribution is 2.48. The lowest BCUT2D eigenvalue weighted by Gasteiger charge is -2.30. The van der Waals surface area contributed by atoms with Crippen molar-refractivity contribution in [3.05, 3.63) is 285 Å². The number of hydrogen-bond acceptors (Lipinski definition) is 1. The summed E-state index contributed by atoms with van der Waals surface area (Å²) < 4.78 is 0. The van der Waals surface area contributed by atoms with Crippen molar-refractivity contribution in [1.29, 1.82) is 0 Å². The Morgan fingerprint density at radius 3 is 0.986 bits per heavy atom. The SMILES string of the molecule is c1ccc(-c2ccccc2-c2c(-c3ccccc3)cccc2N(c2ccc(-c3ccc(-c4ccc5ccccc5c4)cc3)cc2)c2ccc(-c3ccc(-c4ccc5ccccc5c4)cc3)cc2)cc1. The lowest BCUT2D eigenvalue weighted by atomic mass is 9.87. The Balaban J connectivity index is 0.956. The fourth-order valence-electron chi connectivity index (χ4n) is 9.92. The van der Waals surface area contributed by atoms with Crippen LogP contribution < -0.4 is 4.90 Å². The molecule has 0 aliphatic carbocycles. The molecular weight excluding hydrogens is 831 g/mol. The summed E-state index contributed by atoms with van der Waals surface area (Å²) in [6.45, 7) is 0. The molecule has 12 aromatic rings. The minimum Gasteiger partial charge on any atom is -0.310 e. The number of benzene rings is 12. The van der Waals surface area contributed by atoms with Crippen molar-refractivity contribution >= 4 is 38.6 Å². The summed E-state index contributed by atoms with van der Waals surface area (Å²) in [4.78, 5) is 2.43. The Bertz CT molecular complexity index is 3560. The lowest BCUT2D eigenvalue weighted by molar-refractivity contribution is 1.28. The standard InChI is InChI=1S/C68H47N/c1-3-16-56(17-4-1)64-22-11-12-23-66(64)68-65(57-18-5-2-6-19-57)24-13-25-67(68)69(62-42-38-52(39-43-62)50-26-30-54(31-27-50)60-36-34-48-14-7-9-20-58(48)46-60)63-44-40-53(41-45-63)51-28-32-55(33-29-51)61-37-35-49-15-8-10-21-59(49)47-61/h1-47H. The predicted octanol–water partition coefficient (Wildman–Crippen LogP) is 19.1. The van der Waals surface area contributed by atoms with Crippen LogP contribution in [0, 0.1) is 0 Å². The average molecular weight is 878 g/mol. The van der Waals surface area contributed by atoms with Crippen molar-refractivity contribution in [1.82, 2.24) is 0 Å². The van der Waals surface area contributed by atoms with Crippen LogP contribution in [0.2, 0.25) is 0 Å². The van der Waals surface area contributed by atoms with Gasteiger partial charge in [-0.05, 0) is 136 Å². The lowest BCUT2D eigenvalue weighted by Crippen LogP contribution is -2.12. The Hall–Kier alpha value is -9.04. The summed E-state index contributed by atoms with van der Waals surface area (Å²) in [6, 6.07) is 104. The van der Waals surface area contributed by atoms with Crippen LogP contribution in [0.3, 0.4) is 0 Å². The van der Waals surface area contributed by atoms with Gasteiger partial charge in [-0.15, -0.1) is 0 Å². The molecule has 0 unspecified atom stereocenters.